The summed E-state index contributed by atoms with van der Waals surface area (Å²) in [6.45, 7) is 8.12. The fraction of sp³-hybridized carbons (Fsp3) is 0.409. The van der Waals surface area contributed by atoms with E-state index in [4.69, 9.17) is 9.73 Å². The first kappa shape index (κ1) is 19.9. The van der Waals surface area contributed by atoms with Gasteiger partial charge in [0.25, 0.3) is 0 Å². The second kappa shape index (κ2) is 8.01. The first-order valence-corrected chi connectivity index (χ1v) is 10.0. The lowest BCUT2D eigenvalue weighted by molar-refractivity contribution is 0.257. The van der Waals surface area contributed by atoms with Crippen LogP contribution in [0.1, 0.15) is 37.5 Å². The molecule has 2 aromatic rings. The minimum Gasteiger partial charge on any atom is -0.496 e. The van der Waals surface area contributed by atoms with E-state index in [2.05, 4.69) is 41.6 Å². The predicted molar refractivity (Wildman–Crippen MR) is 112 cm³/mol. The number of nitrogens with zero attached hydrogens (tertiary/aromatic N) is 2. The molecule has 0 unspecified atom stereocenters. The zero-order chi connectivity index (χ0) is 19.6. The maximum Gasteiger partial charge on any atom is 0.131 e. The minimum atomic E-state index is -0.176. The normalized spacial score (nSPS) is 14.4. The van der Waals surface area contributed by atoms with Crippen LogP contribution in [0.5, 0.6) is 5.75 Å². The molecule has 3 rings (SSSR count). The van der Waals surface area contributed by atoms with Crippen molar-refractivity contribution in [3.63, 3.8) is 0 Å². The summed E-state index contributed by atoms with van der Waals surface area (Å²) < 4.78 is 21.2. The zero-order valence-corrected chi connectivity index (χ0v) is 17.9. The molecule has 0 amide bonds. The van der Waals surface area contributed by atoms with Crippen LogP contribution in [0.4, 0.5) is 4.39 Å². The van der Waals surface area contributed by atoms with E-state index in [1.54, 1.807) is 13.2 Å². The molecule has 1 aliphatic heterocycles. The lowest BCUT2D eigenvalue weighted by Crippen LogP contribution is -2.44. The molecule has 0 aliphatic carbocycles. The molecule has 3 nitrogen and oxygen atoms in total. The van der Waals surface area contributed by atoms with Gasteiger partial charge in [-0.25, -0.2) is 4.39 Å². The lowest BCUT2D eigenvalue weighted by Gasteiger charge is -2.35. The number of aliphatic imine (C=N–C) groups is 1. The summed E-state index contributed by atoms with van der Waals surface area (Å²) >= 11 is 3.51. The SMILES string of the molecule is COc1ccc(Br)cc1CCc1c(F)cccc1C1=NCCN1C(C)(C)C. The van der Waals surface area contributed by atoms with Crippen molar-refractivity contribution < 1.29 is 9.13 Å². The summed E-state index contributed by atoms with van der Waals surface area (Å²) in [6.07, 6.45) is 1.28. The largest absolute Gasteiger partial charge is 0.496 e. The second-order valence-corrected chi connectivity index (χ2v) is 8.67. The van der Waals surface area contributed by atoms with Gasteiger partial charge in [-0.1, -0.05) is 28.1 Å². The van der Waals surface area contributed by atoms with Crippen molar-refractivity contribution in [1.29, 1.82) is 0 Å². The second-order valence-electron chi connectivity index (χ2n) is 7.75. The summed E-state index contributed by atoms with van der Waals surface area (Å²) in [5.41, 5.74) is 2.62. The van der Waals surface area contributed by atoms with E-state index in [0.29, 0.717) is 12.8 Å². The van der Waals surface area contributed by atoms with Gasteiger partial charge in [0.1, 0.15) is 17.4 Å². The van der Waals surface area contributed by atoms with E-state index in [1.807, 2.05) is 24.3 Å². The molecule has 27 heavy (non-hydrogen) atoms. The number of halogens is 2. The topological polar surface area (TPSA) is 24.8 Å². The molecule has 0 spiro atoms. The number of ether oxygens (including phenoxy) is 1. The third kappa shape index (κ3) is 4.34. The standard InChI is InChI=1S/C22H26BrFN2O/c1-22(2,3)26-13-12-25-21(26)18-6-5-7-19(24)17(18)10-8-15-14-16(23)9-11-20(15)27-4/h5-7,9,11,14H,8,10,12-13H2,1-4H3. The summed E-state index contributed by atoms with van der Waals surface area (Å²) in [4.78, 5) is 6.97. The lowest BCUT2D eigenvalue weighted by atomic mass is 9.96. The molecule has 0 radical (unpaired) electrons. The van der Waals surface area contributed by atoms with Gasteiger partial charge in [-0.15, -0.1) is 0 Å². The van der Waals surface area contributed by atoms with E-state index in [0.717, 1.165) is 45.8 Å². The molecule has 1 aliphatic rings. The van der Waals surface area contributed by atoms with Crippen molar-refractivity contribution in [3.8, 4) is 5.75 Å². The minimum absolute atomic E-state index is 0.0492. The van der Waals surface area contributed by atoms with Gasteiger partial charge < -0.3 is 9.64 Å². The van der Waals surface area contributed by atoms with Crippen LogP contribution in [-0.4, -0.2) is 36.5 Å². The Morgan fingerprint density at radius 1 is 1.19 bits per heavy atom. The Morgan fingerprint density at radius 2 is 1.96 bits per heavy atom. The number of aryl methyl sites for hydroxylation is 1. The van der Waals surface area contributed by atoms with Crippen LogP contribution in [-0.2, 0) is 12.8 Å². The average molecular weight is 433 g/mol. The Kier molecular flexibility index (Phi) is 5.89. The molecule has 0 aromatic heterocycles. The Labute approximate surface area is 169 Å². The first-order chi connectivity index (χ1) is 12.8. The van der Waals surface area contributed by atoms with E-state index >= 15 is 0 Å². The molecule has 5 heteroatoms. The predicted octanol–water partition coefficient (Wildman–Crippen LogP) is 5.24. The van der Waals surface area contributed by atoms with Crippen molar-refractivity contribution in [2.24, 2.45) is 4.99 Å². The number of benzene rings is 2. The zero-order valence-electron chi connectivity index (χ0n) is 16.4. The summed E-state index contributed by atoms with van der Waals surface area (Å²) in [5, 5.41) is 0. The van der Waals surface area contributed by atoms with Crippen LogP contribution >= 0.6 is 15.9 Å². The van der Waals surface area contributed by atoms with Crippen LogP contribution in [0.3, 0.4) is 0 Å². The highest BCUT2D eigenvalue weighted by Gasteiger charge is 2.30. The van der Waals surface area contributed by atoms with Gasteiger partial charge in [-0.3, -0.25) is 4.99 Å². The number of hydrogen-bond donors (Lipinski definition) is 0. The van der Waals surface area contributed by atoms with Crippen LogP contribution < -0.4 is 4.74 Å². The van der Waals surface area contributed by atoms with E-state index in [-0.39, 0.29) is 11.4 Å². The molecule has 144 valence electrons. The third-order valence-electron chi connectivity index (χ3n) is 4.90. The van der Waals surface area contributed by atoms with Crippen molar-refractivity contribution >= 4 is 21.8 Å². The van der Waals surface area contributed by atoms with Gasteiger partial charge in [-0.05, 0) is 69.0 Å². The highest BCUT2D eigenvalue weighted by molar-refractivity contribution is 9.10. The quantitative estimate of drug-likeness (QED) is 0.644. The first-order valence-electron chi connectivity index (χ1n) is 9.23. The molecule has 0 N–H and O–H groups in total. The molecular formula is C22H26BrFN2O. The van der Waals surface area contributed by atoms with Gasteiger partial charge in [0.2, 0.25) is 0 Å². The molecule has 2 aromatic carbocycles. The Bertz CT molecular complexity index is 858. The van der Waals surface area contributed by atoms with Crippen molar-refractivity contribution in [3.05, 3.63) is 63.4 Å². The maximum absolute atomic E-state index is 14.8. The van der Waals surface area contributed by atoms with Crippen LogP contribution in [0.15, 0.2) is 45.9 Å². The van der Waals surface area contributed by atoms with Crippen molar-refractivity contribution in [2.45, 2.75) is 39.2 Å². The number of hydrogen-bond acceptors (Lipinski definition) is 3. The van der Waals surface area contributed by atoms with Gasteiger partial charge in [0.05, 0.1) is 13.7 Å². The maximum atomic E-state index is 14.8. The highest BCUT2D eigenvalue weighted by Crippen LogP contribution is 2.28. The van der Waals surface area contributed by atoms with Gasteiger partial charge in [-0.2, -0.15) is 0 Å². The van der Waals surface area contributed by atoms with E-state index in [9.17, 15) is 4.39 Å². The third-order valence-corrected chi connectivity index (χ3v) is 5.39. The fourth-order valence-corrected chi connectivity index (χ4v) is 3.96. The summed E-state index contributed by atoms with van der Waals surface area (Å²) in [6, 6.07) is 11.2. The van der Waals surface area contributed by atoms with E-state index < -0.39 is 0 Å². The molecule has 0 fully saturated rings. The van der Waals surface area contributed by atoms with E-state index in [1.165, 1.54) is 6.07 Å². The Hall–Kier alpha value is -1.88. The van der Waals surface area contributed by atoms with Gasteiger partial charge in [0.15, 0.2) is 0 Å². The fourth-order valence-electron chi connectivity index (χ4n) is 3.56. The van der Waals surface area contributed by atoms with Crippen LogP contribution in [0.2, 0.25) is 0 Å². The summed E-state index contributed by atoms with van der Waals surface area (Å²) in [5.74, 6) is 1.55. The van der Waals surface area contributed by atoms with Crippen LogP contribution in [0.25, 0.3) is 0 Å². The van der Waals surface area contributed by atoms with Gasteiger partial charge >= 0.3 is 0 Å². The smallest absolute Gasteiger partial charge is 0.131 e. The molecule has 0 atom stereocenters. The van der Waals surface area contributed by atoms with Gasteiger partial charge in [0, 0.05) is 22.1 Å². The Balaban J connectivity index is 1.93. The number of methoxy groups -OCH3 is 1. The number of amidine groups is 1. The molecular weight excluding hydrogens is 407 g/mol. The number of rotatable bonds is 5. The monoisotopic (exact) mass is 432 g/mol. The molecule has 1 heterocycles. The molecule has 0 saturated heterocycles. The average Bonchev–Trinajstić information content (AvgIpc) is 3.10. The molecule has 0 saturated carbocycles. The van der Waals surface area contributed by atoms with Crippen molar-refractivity contribution in [2.75, 3.05) is 20.2 Å². The highest BCUT2D eigenvalue weighted by atomic mass is 79.9. The Morgan fingerprint density at radius 3 is 2.67 bits per heavy atom. The van der Waals surface area contributed by atoms with Crippen molar-refractivity contribution in [1.82, 2.24) is 4.90 Å². The van der Waals surface area contributed by atoms with Crippen LogP contribution in [0, 0.1) is 5.82 Å². The summed E-state index contributed by atoms with van der Waals surface area (Å²) in [7, 11) is 1.66. The molecule has 0 bridgehead atoms.